The van der Waals surface area contributed by atoms with E-state index in [1.165, 1.54) is 48.4 Å². The molecule has 0 saturated carbocycles. The van der Waals surface area contributed by atoms with Gasteiger partial charge in [0.05, 0.1) is 30.3 Å². The molecule has 2 amide bonds. The van der Waals surface area contributed by atoms with Gasteiger partial charge in [-0.1, -0.05) is 12.1 Å². The molecule has 0 aromatic heterocycles. The minimum Gasteiger partial charge on any atom is -0.465 e. The normalized spacial score (nSPS) is 10.8. The predicted molar refractivity (Wildman–Crippen MR) is 113 cm³/mol. The zero-order chi connectivity index (χ0) is 22.5. The van der Waals surface area contributed by atoms with Gasteiger partial charge in [-0.15, -0.1) is 0 Å². The van der Waals surface area contributed by atoms with E-state index >= 15 is 0 Å². The molecule has 0 radical (unpaired) electrons. The average Bonchev–Trinajstić information content (AvgIpc) is 2.70. The zero-order valence-electron chi connectivity index (χ0n) is 17.1. The van der Waals surface area contributed by atoms with E-state index in [0.717, 1.165) is 10.6 Å². The fourth-order valence-corrected chi connectivity index (χ4v) is 3.49. The van der Waals surface area contributed by atoms with Crippen molar-refractivity contribution in [3.63, 3.8) is 0 Å². The summed E-state index contributed by atoms with van der Waals surface area (Å²) in [5.74, 6) is -1.51. The lowest BCUT2D eigenvalue weighted by Crippen LogP contribution is -2.37. The highest BCUT2D eigenvalue weighted by Gasteiger charge is 2.22. The number of sulfonamides is 1. The lowest BCUT2D eigenvalue weighted by atomic mass is 10.1. The number of nitrogens with zero attached hydrogens (tertiary/aromatic N) is 2. The first-order chi connectivity index (χ1) is 14.0. The van der Waals surface area contributed by atoms with Gasteiger partial charge in [-0.3, -0.25) is 13.9 Å². The Labute approximate surface area is 175 Å². The Morgan fingerprint density at radius 2 is 1.60 bits per heavy atom. The molecule has 1 N–H and O–H groups in total. The van der Waals surface area contributed by atoms with Crippen molar-refractivity contribution < 1.29 is 27.5 Å². The molecule has 2 rings (SSSR count). The molecule has 0 aliphatic heterocycles. The number of nitrogens with one attached hydrogen (secondary N) is 1. The Bertz CT molecular complexity index is 1050. The number of hydrogen-bond donors (Lipinski definition) is 1. The lowest BCUT2D eigenvalue weighted by molar-refractivity contribution is -0.114. The van der Waals surface area contributed by atoms with Crippen LogP contribution in [0.5, 0.6) is 0 Å². The summed E-state index contributed by atoms with van der Waals surface area (Å²) in [6.07, 6.45) is 0.974. The third kappa shape index (κ3) is 5.57. The lowest BCUT2D eigenvalue weighted by Gasteiger charge is -2.22. The molecule has 10 heteroatoms. The predicted octanol–water partition coefficient (Wildman–Crippen LogP) is 1.58. The summed E-state index contributed by atoms with van der Waals surface area (Å²) in [6.45, 7) is -0.519. The second-order valence-corrected chi connectivity index (χ2v) is 8.51. The standard InChI is InChI=1S/C20H23N3O6S/c1-22(2)19(25)14-9-11-15(12-10-14)23(30(4,27)28)13-18(24)21-17-8-6-5-7-16(17)20(26)29-3/h5-12H,13H2,1-4H3,(H,21,24). The van der Waals surface area contributed by atoms with Gasteiger partial charge in [-0.05, 0) is 36.4 Å². The van der Waals surface area contributed by atoms with Gasteiger partial charge in [0.2, 0.25) is 15.9 Å². The van der Waals surface area contributed by atoms with Gasteiger partial charge in [-0.25, -0.2) is 13.2 Å². The number of carbonyl (C=O) groups excluding carboxylic acids is 3. The first-order valence-electron chi connectivity index (χ1n) is 8.81. The molecule has 0 spiro atoms. The van der Waals surface area contributed by atoms with Crippen molar-refractivity contribution in [2.45, 2.75) is 0 Å². The van der Waals surface area contributed by atoms with Crippen LogP contribution in [-0.4, -0.2) is 65.1 Å². The third-order valence-electron chi connectivity index (χ3n) is 4.10. The number of para-hydroxylation sites is 1. The van der Waals surface area contributed by atoms with E-state index in [4.69, 9.17) is 0 Å². The van der Waals surface area contributed by atoms with Crippen LogP contribution in [0, 0.1) is 0 Å². The molecular formula is C20H23N3O6S. The highest BCUT2D eigenvalue weighted by molar-refractivity contribution is 7.92. The molecule has 0 saturated heterocycles. The number of methoxy groups -OCH3 is 1. The average molecular weight is 433 g/mol. The van der Waals surface area contributed by atoms with Crippen molar-refractivity contribution in [2.24, 2.45) is 0 Å². The molecule has 0 fully saturated rings. The number of hydrogen-bond acceptors (Lipinski definition) is 6. The van der Waals surface area contributed by atoms with Crippen molar-refractivity contribution >= 4 is 39.2 Å². The maximum atomic E-state index is 12.5. The fraction of sp³-hybridized carbons (Fsp3) is 0.250. The van der Waals surface area contributed by atoms with E-state index < -0.39 is 28.4 Å². The maximum absolute atomic E-state index is 12.5. The summed E-state index contributed by atoms with van der Waals surface area (Å²) in [7, 11) is 0.632. The topological polar surface area (TPSA) is 113 Å². The van der Waals surface area contributed by atoms with Gasteiger partial charge in [0.25, 0.3) is 5.91 Å². The van der Waals surface area contributed by atoms with Gasteiger partial charge >= 0.3 is 5.97 Å². The molecule has 9 nitrogen and oxygen atoms in total. The molecule has 30 heavy (non-hydrogen) atoms. The van der Waals surface area contributed by atoms with E-state index in [2.05, 4.69) is 10.1 Å². The largest absolute Gasteiger partial charge is 0.465 e. The second kappa shape index (κ2) is 9.40. The number of amides is 2. The molecule has 2 aromatic carbocycles. The van der Waals surface area contributed by atoms with Crippen LogP contribution in [0.15, 0.2) is 48.5 Å². The van der Waals surface area contributed by atoms with E-state index in [0.29, 0.717) is 5.56 Å². The van der Waals surface area contributed by atoms with Crippen LogP contribution in [0.4, 0.5) is 11.4 Å². The van der Waals surface area contributed by atoms with E-state index in [9.17, 15) is 22.8 Å². The van der Waals surface area contributed by atoms with Crippen LogP contribution < -0.4 is 9.62 Å². The number of ether oxygens (including phenoxy) is 1. The van der Waals surface area contributed by atoms with Gasteiger partial charge in [0, 0.05) is 19.7 Å². The quantitative estimate of drug-likeness (QED) is 0.664. The number of benzene rings is 2. The number of carbonyl (C=O) groups is 3. The molecule has 160 valence electrons. The van der Waals surface area contributed by atoms with E-state index in [-0.39, 0.29) is 22.8 Å². The minimum absolute atomic E-state index is 0.144. The van der Waals surface area contributed by atoms with Crippen molar-refractivity contribution in [2.75, 3.05) is 43.6 Å². The van der Waals surface area contributed by atoms with Gasteiger partial charge < -0.3 is 15.0 Å². The zero-order valence-corrected chi connectivity index (χ0v) is 17.9. The molecule has 0 atom stereocenters. The van der Waals surface area contributed by atoms with E-state index in [1.54, 1.807) is 26.2 Å². The Hall–Kier alpha value is -3.40. The summed E-state index contributed by atoms with van der Waals surface area (Å²) in [5.41, 5.74) is 0.957. The Balaban J connectivity index is 2.25. The molecule has 2 aromatic rings. The SMILES string of the molecule is COC(=O)c1ccccc1NC(=O)CN(c1ccc(C(=O)N(C)C)cc1)S(C)(=O)=O. The molecule has 0 aliphatic carbocycles. The monoisotopic (exact) mass is 433 g/mol. The summed E-state index contributed by atoms with van der Waals surface area (Å²) in [4.78, 5) is 37.8. The highest BCUT2D eigenvalue weighted by atomic mass is 32.2. The maximum Gasteiger partial charge on any atom is 0.339 e. The van der Waals surface area contributed by atoms with Crippen LogP contribution in [0.1, 0.15) is 20.7 Å². The number of rotatable bonds is 7. The van der Waals surface area contributed by atoms with E-state index in [1.807, 2.05) is 0 Å². The summed E-state index contributed by atoms with van der Waals surface area (Å²) in [5, 5.41) is 2.54. The van der Waals surface area contributed by atoms with Crippen molar-refractivity contribution in [1.29, 1.82) is 0 Å². The van der Waals surface area contributed by atoms with Gasteiger partial charge in [0.15, 0.2) is 0 Å². The molecule has 0 heterocycles. The third-order valence-corrected chi connectivity index (χ3v) is 5.24. The minimum atomic E-state index is -3.80. The van der Waals surface area contributed by atoms with Crippen LogP contribution in [-0.2, 0) is 19.6 Å². The second-order valence-electron chi connectivity index (χ2n) is 6.60. The van der Waals surface area contributed by atoms with Crippen LogP contribution in [0.25, 0.3) is 0 Å². The first-order valence-corrected chi connectivity index (χ1v) is 10.7. The number of esters is 1. The molecule has 0 unspecified atom stereocenters. The Kier molecular flexibility index (Phi) is 7.17. The van der Waals surface area contributed by atoms with Crippen molar-refractivity contribution in [3.05, 3.63) is 59.7 Å². The molecular weight excluding hydrogens is 410 g/mol. The highest BCUT2D eigenvalue weighted by Crippen LogP contribution is 2.20. The number of anilines is 2. The molecule has 0 bridgehead atoms. The van der Waals surface area contributed by atoms with Gasteiger partial charge in [0.1, 0.15) is 6.54 Å². The first kappa shape index (κ1) is 22.9. The van der Waals surface area contributed by atoms with Crippen LogP contribution in [0.2, 0.25) is 0 Å². The summed E-state index contributed by atoms with van der Waals surface area (Å²) < 4.78 is 30.1. The Morgan fingerprint density at radius 3 is 2.13 bits per heavy atom. The fourth-order valence-electron chi connectivity index (χ4n) is 2.63. The van der Waals surface area contributed by atoms with Crippen LogP contribution >= 0.6 is 0 Å². The molecule has 0 aliphatic rings. The van der Waals surface area contributed by atoms with Gasteiger partial charge in [-0.2, -0.15) is 0 Å². The Morgan fingerprint density at radius 1 is 1.00 bits per heavy atom. The van der Waals surface area contributed by atoms with Crippen molar-refractivity contribution in [3.8, 4) is 0 Å². The summed E-state index contributed by atoms with van der Waals surface area (Å²) >= 11 is 0. The van der Waals surface area contributed by atoms with Crippen molar-refractivity contribution in [1.82, 2.24) is 4.90 Å². The summed E-state index contributed by atoms with van der Waals surface area (Å²) in [6, 6.07) is 12.1. The smallest absolute Gasteiger partial charge is 0.339 e. The van der Waals surface area contributed by atoms with Crippen LogP contribution in [0.3, 0.4) is 0 Å².